The van der Waals surface area contributed by atoms with Crippen LogP contribution in [0.1, 0.15) is 24.2 Å². The van der Waals surface area contributed by atoms with Crippen molar-refractivity contribution >= 4 is 10.8 Å². The van der Waals surface area contributed by atoms with E-state index in [0.29, 0.717) is 0 Å². The maximum Gasteiger partial charge on any atom is 0.0570 e. The predicted octanol–water partition coefficient (Wildman–Crippen LogP) is 4.09. The molecule has 0 aliphatic heterocycles. The first-order valence-electron chi connectivity index (χ1n) is 6.95. The van der Waals surface area contributed by atoms with E-state index in [4.69, 9.17) is 0 Å². The highest BCUT2D eigenvalue weighted by molar-refractivity contribution is 5.82. The number of rotatable bonds is 4. The minimum absolute atomic E-state index is 0.252. The summed E-state index contributed by atoms with van der Waals surface area (Å²) in [5.74, 6) is 0. The van der Waals surface area contributed by atoms with Crippen LogP contribution in [0.2, 0.25) is 0 Å². The summed E-state index contributed by atoms with van der Waals surface area (Å²) in [4.78, 5) is 4.38. The Balaban J connectivity index is 1.70. The van der Waals surface area contributed by atoms with Gasteiger partial charge in [0.2, 0.25) is 0 Å². The molecule has 0 saturated heterocycles. The number of hydrogen-bond donors (Lipinski definition) is 1. The highest BCUT2D eigenvalue weighted by Gasteiger charge is 2.05. The number of fused-ring (bicyclic) bond motifs is 1. The fourth-order valence-electron chi connectivity index (χ4n) is 2.36. The van der Waals surface area contributed by atoms with Crippen LogP contribution in [0.15, 0.2) is 66.9 Å². The Morgan fingerprint density at radius 2 is 1.75 bits per heavy atom. The van der Waals surface area contributed by atoms with Crippen LogP contribution in [0.3, 0.4) is 0 Å². The number of pyridine rings is 1. The molecular formula is C18H18N2. The van der Waals surface area contributed by atoms with Crippen molar-refractivity contribution in [3.63, 3.8) is 0 Å². The minimum Gasteiger partial charge on any atom is -0.305 e. The van der Waals surface area contributed by atoms with Crippen molar-refractivity contribution in [2.24, 2.45) is 0 Å². The van der Waals surface area contributed by atoms with Gasteiger partial charge in [-0.25, -0.2) is 0 Å². The van der Waals surface area contributed by atoms with Gasteiger partial charge in [0.1, 0.15) is 0 Å². The van der Waals surface area contributed by atoms with E-state index in [2.05, 4.69) is 65.8 Å². The third kappa shape index (κ3) is 2.86. The molecule has 2 aromatic carbocycles. The molecule has 0 amide bonds. The molecule has 0 saturated carbocycles. The van der Waals surface area contributed by atoms with Crippen molar-refractivity contribution in [3.8, 4) is 0 Å². The molecule has 0 radical (unpaired) electrons. The Labute approximate surface area is 119 Å². The second kappa shape index (κ2) is 5.85. The van der Waals surface area contributed by atoms with Gasteiger partial charge in [0.25, 0.3) is 0 Å². The van der Waals surface area contributed by atoms with Crippen LogP contribution < -0.4 is 5.32 Å². The predicted molar refractivity (Wildman–Crippen MR) is 83.4 cm³/mol. The van der Waals surface area contributed by atoms with Crippen molar-refractivity contribution in [3.05, 3.63) is 78.1 Å². The number of nitrogens with zero attached hydrogens (tertiary/aromatic N) is 1. The first kappa shape index (κ1) is 12.8. The van der Waals surface area contributed by atoms with Gasteiger partial charge in [0.15, 0.2) is 0 Å². The Bertz CT molecular complexity index is 692. The van der Waals surface area contributed by atoms with Crippen LogP contribution >= 0.6 is 0 Å². The normalized spacial score (nSPS) is 12.4. The first-order valence-corrected chi connectivity index (χ1v) is 6.95. The topological polar surface area (TPSA) is 24.9 Å². The van der Waals surface area contributed by atoms with Crippen molar-refractivity contribution in [1.29, 1.82) is 0 Å². The van der Waals surface area contributed by atoms with Gasteiger partial charge in [-0.1, -0.05) is 42.5 Å². The standard InChI is InChI=1S/C18H18N2/c1-14(18-8-4-5-11-19-18)20-13-15-9-10-16-6-2-3-7-17(16)12-15/h2-12,14,20H,13H2,1H3/t14-/m0/s1. The Kier molecular flexibility index (Phi) is 3.75. The van der Waals surface area contributed by atoms with Gasteiger partial charge in [0, 0.05) is 18.8 Å². The number of nitrogens with one attached hydrogen (secondary N) is 1. The van der Waals surface area contributed by atoms with E-state index in [1.165, 1.54) is 16.3 Å². The first-order chi connectivity index (χ1) is 9.83. The highest BCUT2D eigenvalue weighted by Crippen LogP contribution is 2.16. The van der Waals surface area contributed by atoms with E-state index in [0.717, 1.165) is 12.2 Å². The Hall–Kier alpha value is -2.19. The van der Waals surface area contributed by atoms with Crippen LogP contribution in [0.4, 0.5) is 0 Å². The second-order valence-electron chi connectivity index (χ2n) is 5.04. The highest BCUT2D eigenvalue weighted by atomic mass is 14.9. The summed E-state index contributed by atoms with van der Waals surface area (Å²) in [6.07, 6.45) is 1.84. The second-order valence-corrected chi connectivity index (χ2v) is 5.04. The maximum absolute atomic E-state index is 4.38. The van der Waals surface area contributed by atoms with E-state index in [-0.39, 0.29) is 6.04 Å². The number of benzene rings is 2. The molecule has 2 nitrogen and oxygen atoms in total. The van der Waals surface area contributed by atoms with Gasteiger partial charge in [-0.05, 0) is 41.5 Å². The fraction of sp³-hybridized carbons (Fsp3) is 0.167. The summed E-state index contributed by atoms with van der Waals surface area (Å²) in [5.41, 5.74) is 2.37. The fourth-order valence-corrected chi connectivity index (χ4v) is 2.36. The van der Waals surface area contributed by atoms with Gasteiger partial charge in [0.05, 0.1) is 5.69 Å². The average molecular weight is 262 g/mol. The van der Waals surface area contributed by atoms with Crippen molar-refractivity contribution in [2.75, 3.05) is 0 Å². The van der Waals surface area contributed by atoms with Crippen molar-refractivity contribution in [1.82, 2.24) is 10.3 Å². The van der Waals surface area contributed by atoms with Crippen LogP contribution in [0.5, 0.6) is 0 Å². The number of aromatic nitrogens is 1. The summed E-state index contributed by atoms with van der Waals surface area (Å²) in [7, 11) is 0. The van der Waals surface area contributed by atoms with E-state index < -0.39 is 0 Å². The van der Waals surface area contributed by atoms with Gasteiger partial charge in [-0.3, -0.25) is 4.98 Å². The third-order valence-electron chi connectivity index (χ3n) is 3.56. The lowest BCUT2D eigenvalue weighted by molar-refractivity contribution is 0.562. The Morgan fingerprint density at radius 1 is 0.950 bits per heavy atom. The van der Waals surface area contributed by atoms with Crippen LogP contribution in [-0.4, -0.2) is 4.98 Å². The molecule has 2 heteroatoms. The van der Waals surface area contributed by atoms with Crippen LogP contribution in [-0.2, 0) is 6.54 Å². The van der Waals surface area contributed by atoms with E-state index >= 15 is 0 Å². The average Bonchev–Trinajstić information content (AvgIpc) is 2.53. The molecule has 0 unspecified atom stereocenters. The molecule has 1 heterocycles. The SMILES string of the molecule is C[C@H](NCc1ccc2ccccc2c1)c1ccccn1. The zero-order valence-electron chi connectivity index (χ0n) is 11.6. The lowest BCUT2D eigenvalue weighted by Crippen LogP contribution is -2.18. The van der Waals surface area contributed by atoms with Crippen molar-refractivity contribution in [2.45, 2.75) is 19.5 Å². The molecule has 0 bridgehead atoms. The molecule has 3 aromatic rings. The molecule has 0 spiro atoms. The molecule has 100 valence electrons. The zero-order chi connectivity index (χ0) is 13.8. The summed E-state index contributed by atoms with van der Waals surface area (Å²) in [5, 5.41) is 6.09. The summed E-state index contributed by atoms with van der Waals surface area (Å²) < 4.78 is 0. The van der Waals surface area contributed by atoms with Gasteiger partial charge < -0.3 is 5.32 Å². The number of hydrogen-bond acceptors (Lipinski definition) is 2. The molecule has 3 rings (SSSR count). The third-order valence-corrected chi connectivity index (χ3v) is 3.56. The monoisotopic (exact) mass is 262 g/mol. The summed E-state index contributed by atoms with van der Waals surface area (Å²) >= 11 is 0. The molecule has 0 aliphatic rings. The van der Waals surface area contributed by atoms with E-state index in [1.54, 1.807) is 0 Å². The van der Waals surface area contributed by atoms with Crippen LogP contribution in [0.25, 0.3) is 10.8 Å². The molecule has 1 aromatic heterocycles. The molecular weight excluding hydrogens is 244 g/mol. The molecule has 0 aliphatic carbocycles. The van der Waals surface area contributed by atoms with Crippen molar-refractivity contribution < 1.29 is 0 Å². The molecule has 1 atom stereocenters. The molecule has 20 heavy (non-hydrogen) atoms. The molecule has 1 N–H and O–H groups in total. The van der Waals surface area contributed by atoms with Gasteiger partial charge in [-0.2, -0.15) is 0 Å². The van der Waals surface area contributed by atoms with E-state index in [9.17, 15) is 0 Å². The van der Waals surface area contributed by atoms with E-state index in [1.807, 2.05) is 18.3 Å². The maximum atomic E-state index is 4.38. The lowest BCUT2D eigenvalue weighted by Gasteiger charge is -2.13. The minimum atomic E-state index is 0.252. The summed E-state index contributed by atoms with van der Waals surface area (Å²) in [6.45, 7) is 2.99. The Morgan fingerprint density at radius 3 is 2.55 bits per heavy atom. The van der Waals surface area contributed by atoms with Crippen LogP contribution in [0, 0.1) is 0 Å². The quantitative estimate of drug-likeness (QED) is 0.766. The largest absolute Gasteiger partial charge is 0.305 e. The lowest BCUT2D eigenvalue weighted by atomic mass is 10.1. The summed E-state index contributed by atoms with van der Waals surface area (Å²) in [6, 6.07) is 21.3. The van der Waals surface area contributed by atoms with Gasteiger partial charge in [-0.15, -0.1) is 0 Å². The van der Waals surface area contributed by atoms with Gasteiger partial charge >= 0.3 is 0 Å². The molecule has 0 fully saturated rings. The zero-order valence-corrected chi connectivity index (χ0v) is 11.6. The smallest absolute Gasteiger partial charge is 0.0570 e.